The molecule has 0 spiro atoms. The Morgan fingerprint density at radius 1 is 1.00 bits per heavy atom. The SMILES string of the molecule is Cc1cc(=O)oc2c(C)c(OC(=O)CCN3C(=O)c4ccccc4C3=O)ccc12. The zero-order valence-electron chi connectivity index (χ0n) is 15.9. The fourth-order valence-corrected chi connectivity index (χ4v) is 3.43. The third kappa shape index (κ3) is 3.20. The van der Waals surface area contributed by atoms with Crippen LogP contribution in [0.3, 0.4) is 0 Å². The lowest BCUT2D eigenvalue weighted by atomic mass is 10.1. The van der Waals surface area contributed by atoms with E-state index in [0.29, 0.717) is 22.3 Å². The molecule has 0 radical (unpaired) electrons. The van der Waals surface area contributed by atoms with E-state index in [1.165, 1.54) is 6.07 Å². The van der Waals surface area contributed by atoms with Gasteiger partial charge in [-0.2, -0.15) is 0 Å². The van der Waals surface area contributed by atoms with E-state index in [9.17, 15) is 19.2 Å². The normalized spacial score (nSPS) is 13.1. The third-order valence-corrected chi connectivity index (χ3v) is 4.96. The summed E-state index contributed by atoms with van der Waals surface area (Å²) in [6.45, 7) is 3.41. The Hall–Kier alpha value is -3.74. The summed E-state index contributed by atoms with van der Waals surface area (Å²) in [4.78, 5) is 49.7. The van der Waals surface area contributed by atoms with E-state index in [1.807, 2.05) is 0 Å². The van der Waals surface area contributed by atoms with Crippen LogP contribution < -0.4 is 10.4 Å². The number of fused-ring (bicyclic) bond motifs is 2. The summed E-state index contributed by atoms with van der Waals surface area (Å²) < 4.78 is 10.6. The maximum absolute atomic E-state index is 12.4. The lowest BCUT2D eigenvalue weighted by Crippen LogP contribution is -2.32. The first-order valence-electron chi connectivity index (χ1n) is 9.07. The summed E-state index contributed by atoms with van der Waals surface area (Å²) in [5.74, 6) is -1.17. The number of nitrogens with zero attached hydrogens (tertiary/aromatic N) is 1. The van der Waals surface area contributed by atoms with Gasteiger partial charge in [0, 0.05) is 23.6 Å². The minimum absolute atomic E-state index is 0.0774. The molecule has 2 amide bonds. The predicted octanol–water partition coefficient (Wildman–Crippen LogP) is 3.00. The van der Waals surface area contributed by atoms with Crippen molar-refractivity contribution in [3.05, 3.63) is 75.1 Å². The van der Waals surface area contributed by atoms with Gasteiger partial charge in [-0.05, 0) is 43.7 Å². The Morgan fingerprint density at radius 3 is 2.31 bits per heavy atom. The Labute approximate surface area is 165 Å². The molecule has 7 heteroatoms. The molecule has 0 aliphatic carbocycles. The summed E-state index contributed by atoms with van der Waals surface area (Å²) in [6.07, 6.45) is -0.152. The molecule has 0 N–H and O–H groups in total. The standard InChI is InChI=1S/C22H17NO6/c1-12-11-19(25)29-20-13(2)17(8-7-14(12)20)28-18(24)9-10-23-21(26)15-5-3-4-6-16(15)22(23)27/h3-8,11H,9-10H2,1-2H3. The second-order valence-corrected chi connectivity index (χ2v) is 6.85. The highest BCUT2D eigenvalue weighted by atomic mass is 16.5. The average molecular weight is 391 g/mol. The molecule has 2 aromatic carbocycles. The van der Waals surface area contributed by atoms with Gasteiger partial charge in [-0.3, -0.25) is 19.3 Å². The zero-order chi connectivity index (χ0) is 20.7. The van der Waals surface area contributed by atoms with Crippen molar-refractivity contribution in [1.82, 2.24) is 4.90 Å². The molecule has 1 aromatic heterocycles. The van der Waals surface area contributed by atoms with Gasteiger partial charge in [0.15, 0.2) is 0 Å². The van der Waals surface area contributed by atoms with Crippen LogP contribution in [0, 0.1) is 13.8 Å². The molecule has 29 heavy (non-hydrogen) atoms. The van der Waals surface area contributed by atoms with Crippen LogP contribution in [0.1, 0.15) is 38.3 Å². The first kappa shape index (κ1) is 18.6. The first-order chi connectivity index (χ1) is 13.9. The first-order valence-corrected chi connectivity index (χ1v) is 9.07. The number of aryl methyl sites for hydroxylation is 2. The molecule has 4 rings (SSSR count). The number of ether oxygens (including phenoxy) is 1. The number of benzene rings is 2. The van der Waals surface area contributed by atoms with Crippen molar-refractivity contribution in [2.75, 3.05) is 6.54 Å². The lowest BCUT2D eigenvalue weighted by Gasteiger charge is -2.14. The highest BCUT2D eigenvalue weighted by Gasteiger charge is 2.35. The van der Waals surface area contributed by atoms with Gasteiger partial charge in [-0.15, -0.1) is 0 Å². The molecule has 146 valence electrons. The van der Waals surface area contributed by atoms with Crippen LogP contribution in [0.4, 0.5) is 0 Å². The molecule has 0 bridgehead atoms. The molecule has 0 saturated heterocycles. The summed E-state index contributed by atoms with van der Waals surface area (Å²) >= 11 is 0. The Bertz CT molecular complexity index is 1200. The highest BCUT2D eigenvalue weighted by Crippen LogP contribution is 2.28. The third-order valence-electron chi connectivity index (χ3n) is 4.96. The van der Waals surface area contributed by atoms with E-state index < -0.39 is 23.4 Å². The van der Waals surface area contributed by atoms with Crippen molar-refractivity contribution in [3.8, 4) is 5.75 Å². The number of carbonyl (C=O) groups excluding carboxylic acids is 3. The quantitative estimate of drug-likeness (QED) is 0.294. The van der Waals surface area contributed by atoms with Crippen LogP contribution >= 0.6 is 0 Å². The van der Waals surface area contributed by atoms with Crippen molar-refractivity contribution in [2.45, 2.75) is 20.3 Å². The highest BCUT2D eigenvalue weighted by molar-refractivity contribution is 6.21. The minimum atomic E-state index is -0.598. The molecule has 1 aliphatic rings. The molecule has 1 aliphatic heterocycles. The molecule has 2 heterocycles. The van der Waals surface area contributed by atoms with Crippen LogP contribution in [0.15, 0.2) is 51.7 Å². The van der Waals surface area contributed by atoms with Crippen LogP contribution in [0.25, 0.3) is 11.0 Å². The smallest absolute Gasteiger partial charge is 0.336 e. The van der Waals surface area contributed by atoms with E-state index >= 15 is 0 Å². The van der Waals surface area contributed by atoms with Gasteiger partial charge in [0.25, 0.3) is 11.8 Å². The number of imide groups is 1. The molecule has 0 saturated carbocycles. The number of carbonyl (C=O) groups is 3. The van der Waals surface area contributed by atoms with Crippen molar-refractivity contribution in [1.29, 1.82) is 0 Å². The fraction of sp³-hybridized carbons (Fsp3) is 0.182. The topological polar surface area (TPSA) is 93.9 Å². The monoisotopic (exact) mass is 391 g/mol. The summed E-state index contributed by atoms with van der Waals surface area (Å²) in [6, 6.07) is 11.3. The number of amides is 2. The summed E-state index contributed by atoms with van der Waals surface area (Å²) in [7, 11) is 0. The van der Waals surface area contributed by atoms with Crippen LogP contribution in [-0.2, 0) is 4.79 Å². The summed E-state index contributed by atoms with van der Waals surface area (Å²) in [5.41, 5.74) is 1.84. The molecule has 0 fully saturated rings. The van der Waals surface area contributed by atoms with Gasteiger partial charge in [-0.25, -0.2) is 4.79 Å². The van der Waals surface area contributed by atoms with E-state index in [1.54, 1.807) is 50.2 Å². The lowest BCUT2D eigenvalue weighted by molar-refractivity contribution is -0.134. The number of hydrogen-bond acceptors (Lipinski definition) is 6. The maximum Gasteiger partial charge on any atom is 0.336 e. The summed E-state index contributed by atoms with van der Waals surface area (Å²) in [5, 5.41) is 0.757. The molecule has 3 aromatic rings. The molecule has 7 nitrogen and oxygen atoms in total. The Balaban J connectivity index is 1.49. The Kier molecular flexibility index (Phi) is 4.50. The van der Waals surface area contributed by atoms with Crippen molar-refractivity contribution < 1.29 is 23.5 Å². The molecular weight excluding hydrogens is 374 g/mol. The van der Waals surface area contributed by atoms with E-state index in [0.717, 1.165) is 15.8 Å². The number of hydrogen-bond donors (Lipinski definition) is 0. The van der Waals surface area contributed by atoms with E-state index in [2.05, 4.69) is 0 Å². The number of rotatable bonds is 4. The van der Waals surface area contributed by atoms with Gasteiger partial charge in [0.05, 0.1) is 17.5 Å². The minimum Gasteiger partial charge on any atom is -0.426 e. The predicted molar refractivity (Wildman–Crippen MR) is 104 cm³/mol. The average Bonchev–Trinajstić information content (AvgIpc) is 2.93. The van der Waals surface area contributed by atoms with Gasteiger partial charge < -0.3 is 9.15 Å². The van der Waals surface area contributed by atoms with Crippen LogP contribution in [-0.4, -0.2) is 29.2 Å². The van der Waals surface area contributed by atoms with Gasteiger partial charge >= 0.3 is 11.6 Å². The van der Waals surface area contributed by atoms with Gasteiger partial charge in [0.2, 0.25) is 0 Å². The van der Waals surface area contributed by atoms with Crippen molar-refractivity contribution >= 4 is 28.8 Å². The molecule has 0 atom stereocenters. The van der Waals surface area contributed by atoms with Crippen LogP contribution in [0.5, 0.6) is 5.75 Å². The second kappa shape index (κ2) is 7.01. The van der Waals surface area contributed by atoms with Crippen molar-refractivity contribution in [3.63, 3.8) is 0 Å². The Morgan fingerprint density at radius 2 is 1.66 bits per heavy atom. The zero-order valence-corrected chi connectivity index (χ0v) is 15.9. The fourth-order valence-electron chi connectivity index (χ4n) is 3.43. The second-order valence-electron chi connectivity index (χ2n) is 6.85. The molecular formula is C22H17NO6. The van der Waals surface area contributed by atoms with Crippen molar-refractivity contribution in [2.24, 2.45) is 0 Å². The van der Waals surface area contributed by atoms with Gasteiger partial charge in [-0.1, -0.05) is 12.1 Å². The molecule has 0 unspecified atom stereocenters. The maximum atomic E-state index is 12.4. The van der Waals surface area contributed by atoms with E-state index in [4.69, 9.17) is 9.15 Å². The largest absolute Gasteiger partial charge is 0.426 e. The van der Waals surface area contributed by atoms with E-state index in [-0.39, 0.29) is 18.7 Å². The number of esters is 1. The van der Waals surface area contributed by atoms with Gasteiger partial charge in [0.1, 0.15) is 11.3 Å². The van der Waals surface area contributed by atoms with Crippen LogP contribution in [0.2, 0.25) is 0 Å².